The van der Waals surface area contributed by atoms with Gasteiger partial charge in [-0.2, -0.15) is 26.3 Å². The fourth-order valence-corrected chi connectivity index (χ4v) is 3.40. The van der Waals surface area contributed by atoms with E-state index in [0.29, 0.717) is 10.9 Å². The summed E-state index contributed by atoms with van der Waals surface area (Å²) in [5, 5.41) is 10.8. The molecule has 0 bridgehead atoms. The number of hydrogen-bond acceptors (Lipinski definition) is 4. The molecule has 0 aliphatic rings. The summed E-state index contributed by atoms with van der Waals surface area (Å²) in [5.41, 5.74) is -6.39. The van der Waals surface area contributed by atoms with Crippen LogP contribution in [-0.2, 0) is 16.8 Å². The quantitative estimate of drug-likeness (QED) is 0.352. The van der Waals surface area contributed by atoms with Crippen LogP contribution < -0.4 is 5.63 Å². The smallest absolute Gasteiger partial charge is 0.426 e. The molecule has 0 atom stereocenters. The van der Waals surface area contributed by atoms with Gasteiger partial charge in [0.05, 0.1) is 16.6 Å². The van der Waals surface area contributed by atoms with Crippen molar-refractivity contribution in [2.24, 2.45) is 0 Å². The summed E-state index contributed by atoms with van der Waals surface area (Å²) in [7, 11) is 0. The van der Waals surface area contributed by atoms with E-state index in [4.69, 9.17) is 4.42 Å². The van der Waals surface area contributed by atoms with Crippen molar-refractivity contribution < 1.29 is 40.6 Å². The highest BCUT2D eigenvalue weighted by Gasteiger charge is 2.70. The van der Waals surface area contributed by atoms with E-state index in [1.165, 1.54) is 30.3 Å². The predicted octanol–water partition coefficient (Wildman–Crippen LogP) is 6.22. The number of benzene rings is 2. The molecule has 33 heavy (non-hydrogen) atoms. The molecule has 1 aromatic heterocycles. The first-order chi connectivity index (χ1) is 15.1. The zero-order valence-corrected chi connectivity index (χ0v) is 17.8. The summed E-state index contributed by atoms with van der Waals surface area (Å²) in [4.78, 5) is 12.3. The predicted molar refractivity (Wildman–Crippen MR) is 108 cm³/mol. The zero-order chi connectivity index (χ0) is 24.8. The van der Waals surface area contributed by atoms with Crippen LogP contribution in [0.25, 0.3) is 11.0 Å². The number of ether oxygens (including phenoxy) is 1. The second-order valence-electron chi connectivity index (χ2n) is 8.23. The van der Waals surface area contributed by atoms with E-state index in [1.807, 2.05) is 0 Å². The van der Waals surface area contributed by atoms with Gasteiger partial charge in [0.15, 0.2) is 0 Å². The molecule has 2 aromatic carbocycles. The van der Waals surface area contributed by atoms with Gasteiger partial charge in [-0.3, -0.25) is 0 Å². The van der Waals surface area contributed by atoms with Gasteiger partial charge >= 0.3 is 18.0 Å². The minimum atomic E-state index is -5.69. The van der Waals surface area contributed by atoms with Crippen molar-refractivity contribution in [3.63, 3.8) is 0 Å². The van der Waals surface area contributed by atoms with Gasteiger partial charge in [-0.25, -0.2) is 4.79 Å². The molecular weight excluding hydrogens is 454 g/mol. The highest BCUT2D eigenvalue weighted by atomic mass is 19.4. The third-order valence-electron chi connectivity index (χ3n) is 5.45. The maximum absolute atomic E-state index is 13.2. The average Bonchev–Trinajstić information content (AvgIpc) is 2.69. The molecule has 10 heteroatoms. The Labute approximate surface area is 184 Å². The summed E-state index contributed by atoms with van der Waals surface area (Å²) < 4.78 is 89.2. The number of alkyl halides is 6. The van der Waals surface area contributed by atoms with Gasteiger partial charge in [0.25, 0.3) is 5.60 Å². The van der Waals surface area contributed by atoms with Crippen molar-refractivity contribution in [1.29, 1.82) is 0 Å². The van der Waals surface area contributed by atoms with Crippen LogP contribution in [0.3, 0.4) is 0 Å². The minimum Gasteiger partial charge on any atom is -0.507 e. The van der Waals surface area contributed by atoms with Gasteiger partial charge in [0.1, 0.15) is 11.3 Å². The molecule has 0 fully saturated rings. The van der Waals surface area contributed by atoms with E-state index in [2.05, 4.69) is 4.74 Å². The van der Waals surface area contributed by atoms with Crippen molar-refractivity contribution in [2.75, 3.05) is 0 Å². The van der Waals surface area contributed by atoms with E-state index in [9.17, 15) is 36.2 Å². The topological polar surface area (TPSA) is 59.7 Å². The standard InChI is InChI=1S/C23H20F6O4/c1-20(2,33-21(3,22(24,25)26)23(27,28)29)14-10-8-13(9-11-14)12-16-18(30)15-6-4-5-7-17(15)32-19(16)31/h4-11,30H,12H2,1-3H3. The lowest BCUT2D eigenvalue weighted by Crippen LogP contribution is -2.59. The average molecular weight is 474 g/mol. The van der Waals surface area contributed by atoms with Crippen LogP contribution in [0, 0.1) is 0 Å². The molecule has 1 N–H and O–H groups in total. The van der Waals surface area contributed by atoms with Crippen LogP contribution >= 0.6 is 0 Å². The maximum atomic E-state index is 13.2. The molecule has 0 aliphatic heterocycles. The normalized spacial score (nSPS) is 13.5. The Morgan fingerprint density at radius 3 is 1.97 bits per heavy atom. The van der Waals surface area contributed by atoms with Gasteiger partial charge in [-0.15, -0.1) is 0 Å². The monoisotopic (exact) mass is 474 g/mol. The fraction of sp³-hybridized carbons (Fsp3) is 0.348. The molecule has 0 saturated carbocycles. The number of para-hydroxylation sites is 1. The van der Waals surface area contributed by atoms with Crippen molar-refractivity contribution in [3.05, 3.63) is 75.6 Å². The van der Waals surface area contributed by atoms with Crippen LogP contribution in [0.2, 0.25) is 0 Å². The molecule has 4 nitrogen and oxygen atoms in total. The van der Waals surface area contributed by atoms with E-state index in [1.54, 1.807) is 18.2 Å². The molecule has 0 unspecified atom stereocenters. The molecule has 0 radical (unpaired) electrons. The largest absolute Gasteiger partial charge is 0.507 e. The SMILES string of the molecule is CC(C)(OC(C)(C(F)(F)F)C(F)(F)F)c1ccc(Cc2c(O)c3ccccc3oc2=O)cc1. The number of halogens is 6. The first-order valence-electron chi connectivity index (χ1n) is 9.73. The Morgan fingerprint density at radius 1 is 0.879 bits per heavy atom. The Hall–Kier alpha value is -3.01. The maximum Gasteiger partial charge on any atom is 0.426 e. The summed E-state index contributed by atoms with van der Waals surface area (Å²) in [5.74, 6) is -0.263. The van der Waals surface area contributed by atoms with E-state index in [0.717, 1.165) is 13.8 Å². The minimum absolute atomic E-state index is 0.0290. The Balaban J connectivity index is 1.90. The first-order valence-corrected chi connectivity index (χ1v) is 9.73. The molecule has 178 valence electrons. The van der Waals surface area contributed by atoms with E-state index >= 15 is 0 Å². The van der Waals surface area contributed by atoms with Crippen molar-refractivity contribution in [3.8, 4) is 5.75 Å². The van der Waals surface area contributed by atoms with Crippen LogP contribution in [0.5, 0.6) is 5.75 Å². The van der Waals surface area contributed by atoms with Gasteiger partial charge in [0.2, 0.25) is 0 Å². The number of fused-ring (bicyclic) bond motifs is 1. The molecule has 3 rings (SSSR count). The molecule has 0 amide bonds. The van der Waals surface area contributed by atoms with Gasteiger partial charge in [0, 0.05) is 6.42 Å². The second-order valence-corrected chi connectivity index (χ2v) is 8.23. The van der Waals surface area contributed by atoms with E-state index in [-0.39, 0.29) is 35.8 Å². The van der Waals surface area contributed by atoms with Gasteiger partial charge < -0.3 is 14.3 Å². The highest BCUT2D eigenvalue weighted by Crippen LogP contribution is 2.49. The van der Waals surface area contributed by atoms with Crippen LogP contribution in [0.4, 0.5) is 26.3 Å². The third kappa shape index (κ3) is 4.57. The van der Waals surface area contributed by atoms with Crippen molar-refractivity contribution in [2.45, 2.75) is 50.7 Å². The van der Waals surface area contributed by atoms with Crippen molar-refractivity contribution >= 4 is 11.0 Å². The van der Waals surface area contributed by atoms with Crippen molar-refractivity contribution in [1.82, 2.24) is 0 Å². The third-order valence-corrected chi connectivity index (χ3v) is 5.45. The summed E-state index contributed by atoms with van der Waals surface area (Å²) in [6.45, 7) is 2.15. The summed E-state index contributed by atoms with van der Waals surface area (Å²) in [6, 6.07) is 11.8. The Morgan fingerprint density at radius 2 is 1.42 bits per heavy atom. The van der Waals surface area contributed by atoms with Crippen LogP contribution in [-0.4, -0.2) is 23.1 Å². The van der Waals surface area contributed by atoms with Crippen LogP contribution in [0.1, 0.15) is 37.5 Å². The Kier molecular flexibility index (Phi) is 6.04. The highest BCUT2D eigenvalue weighted by molar-refractivity contribution is 5.84. The number of hydrogen-bond donors (Lipinski definition) is 1. The first kappa shape index (κ1) is 24.6. The lowest BCUT2D eigenvalue weighted by molar-refractivity contribution is -0.395. The Bertz CT molecular complexity index is 1190. The summed E-state index contributed by atoms with van der Waals surface area (Å²) in [6.07, 6.45) is -11.4. The molecule has 0 aliphatic carbocycles. The fourth-order valence-electron chi connectivity index (χ4n) is 3.40. The molecule has 0 spiro atoms. The van der Waals surface area contributed by atoms with E-state index < -0.39 is 29.2 Å². The molecular formula is C23H20F6O4. The second kappa shape index (κ2) is 8.09. The van der Waals surface area contributed by atoms with Crippen LogP contribution in [0.15, 0.2) is 57.7 Å². The number of aromatic hydroxyl groups is 1. The van der Waals surface area contributed by atoms with Gasteiger partial charge in [-0.05, 0) is 44.0 Å². The number of rotatable bonds is 5. The van der Waals surface area contributed by atoms with Gasteiger partial charge in [-0.1, -0.05) is 36.4 Å². The molecule has 1 heterocycles. The zero-order valence-electron chi connectivity index (χ0n) is 17.8. The molecule has 3 aromatic rings. The summed E-state index contributed by atoms with van der Waals surface area (Å²) >= 11 is 0. The lowest BCUT2D eigenvalue weighted by atomic mass is 9.93. The lowest BCUT2D eigenvalue weighted by Gasteiger charge is -2.40. The molecule has 0 saturated heterocycles.